The second-order valence-corrected chi connectivity index (χ2v) is 5.38. The van der Waals surface area contributed by atoms with Gasteiger partial charge < -0.3 is 25.5 Å². The zero-order valence-electron chi connectivity index (χ0n) is 12.5. The van der Waals surface area contributed by atoms with Gasteiger partial charge in [-0.3, -0.25) is 0 Å². The number of nitrogens with one attached hydrogen (secondary N) is 1. The molecule has 0 aliphatic heterocycles. The number of anilines is 2. The van der Waals surface area contributed by atoms with Gasteiger partial charge in [0, 0.05) is 31.0 Å². The van der Waals surface area contributed by atoms with Crippen LogP contribution in [0.1, 0.15) is 20.8 Å². The summed E-state index contributed by atoms with van der Waals surface area (Å²) >= 11 is 0. The third kappa shape index (κ3) is 6.23. The lowest BCUT2D eigenvalue weighted by molar-refractivity contribution is 0.178. The van der Waals surface area contributed by atoms with Gasteiger partial charge in [-0.1, -0.05) is 0 Å². The molecule has 0 bridgehead atoms. The first-order valence-corrected chi connectivity index (χ1v) is 7.01. The summed E-state index contributed by atoms with van der Waals surface area (Å²) < 4.78 is 0. The molecule has 0 heterocycles. The van der Waals surface area contributed by atoms with Crippen molar-refractivity contribution in [2.75, 3.05) is 29.9 Å². The summed E-state index contributed by atoms with van der Waals surface area (Å²) in [6, 6.07) is 7.73. The molecule has 0 saturated carbocycles. The standard InChI is InChI=1S/C15H26N2O3/c1-11(18)8-16-14-4-6-15(7-5-14)17(9-12(2)19)10-13(3)20/h4-7,11-13,16,18-20H,8-10H2,1-3H3. The van der Waals surface area contributed by atoms with E-state index < -0.39 is 18.3 Å². The van der Waals surface area contributed by atoms with Gasteiger partial charge in [0.25, 0.3) is 0 Å². The minimum Gasteiger partial charge on any atom is -0.392 e. The fourth-order valence-electron chi connectivity index (χ4n) is 1.98. The van der Waals surface area contributed by atoms with Gasteiger partial charge in [0.2, 0.25) is 0 Å². The number of benzene rings is 1. The van der Waals surface area contributed by atoms with Crippen LogP contribution in [0.2, 0.25) is 0 Å². The third-order valence-corrected chi connectivity index (χ3v) is 2.80. The van der Waals surface area contributed by atoms with Crippen molar-refractivity contribution in [3.05, 3.63) is 24.3 Å². The zero-order chi connectivity index (χ0) is 15.1. The molecular formula is C15H26N2O3. The Morgan fingerprint density at radius 3 is 1.80 bits per heavy atom. The summed E-state index contributed by atoms with van der Waals surface area (Å²) in [6.45, 7) is 6.65. The van der Waals surface area contributed by atoms with Crippen molar-refractivity contribution in [1.29, 1.82) is 0 Å². The van der Waals surface area contributed by atoms with Crippen molar-refractivity contribution in [2.45, 2.75) is 39.1 Å². The molecule has 1 aromatic rings. The molecule has 20 heavy (non-hydrogen) atoms. The van der Waals surface area contributed by atoms with Gasteiger partial charge in [0.1, 0.15) is 0 Å². The van der Waals surface area contributed by atoms with E-state index in [0.717, 1.165) is 11.4 Å². The van der Waals surface area contributed by atoms with Gasteiger partial charge in [-0.15, -0.1) is 0 Å². The van der Waals surface area contributed by atoms with Crippen molar-refractivity contribution < 1.29 is 15.3 Å². The summed E-state index contributed by atoms with van der Waals surface area (Å²) in [4.78, 5) is 1.95. The van der Waals surface area contributed by atoms with E-state index in [-0.39, 0.29) is 0 Å². The molecule has 0 radical (unpaired) electrons. The second-order valence-electron chi connectivity index (χ2n) is 5.38. The lowest BCUT2D eigenvalue weighted by Gasteiger charge is -2.27. The van der Waals surface area contributed by atoms with Crippen LogP contribution in [0.5, 0.6) is 0 Å². The maximum Gasteiger partial charge on any atom is 0.0687 e. The fraction of sp³-hybridized carbons (Fsp3) is 0.600. The lowest BCUT2D eigenvalue weighted by Crippen LogP contribution is -2.36. The Kier molecular flexibility index (Phi) is 6.78. The van der Waals surface area contributed by atoms with Crippen LogP contribution in [0.15, 0.2) is 24.3 Å². The zero-order valence-corrected chi connectivity index (χ0v) is 12.5. The first-order valence-electron chi connectivity index (χ1n) is 7.01. The van der Waals surface area contributed by atoms with Crippen LogP contribution >= 0.6 is 0 Å². The van der Waals surface area contributed by atoms with Gasteiger partial charge in [0.05, 0.1) is 18.3 Å². The molecular weight excluding hydrogens is 256 g/mol. The Morgan fingerprint density at radius 1 is 0.900 bits per heavy atom. The minimum atomic E-state index is -0.457. The van der Waals surface area contributed by atoms with Gasteiger partial charge in [-0.2, -0.15) is 0 Å². The maximum atomic E-state index is 9.53. The number of nitrogens with zero attached hydrogens (tertiary/aromatic N) is 1. The Balaban J connectivity index is 2.71. The Hall–Kier alpha value is -1.30. The van der Waals surface area contributed by atoms with Crippen molar-refractivity contribution in [3.63, 3.8) is 0 Å². The quantitative estimate of drug-likeness (QED) is 0.573. The number of aliphatic hydroxyl groups excluding tert-OH is 3. The lowest BCUT2D eigenvalue weighted by atomic mass is 10.2. The Morgan fingerprint density at radius 2 is 1.40 bits per heavy atom. The molecule has 114 valence electrons. The molecule has 0 aliphatic carbocycles. The molecule has 0 fully saturated rings. The van der Waals surface area contributed by atoms with E-state index in [1.165, 1.54) is 0 Å². The molecule has 0 amide bonds. The smallest absolute Gasteiger partial charge is 0.0687 e. The minimum absolute atomic E-state index is 0.392. The van der Waals surface area contributed by atoms with E-state index in [9.17, 15) is 15.3 Å². The van der Waals surface area contributed by atoms with Crippen LogP contribution in [0.3, 0.4) is 0 Å². The first kappa shape index (κ1) is 16.8. The average Bonchev–Trinajstić information content (AvgIpc) is 2.35. The number of hydrogen-bond donors (Lipinski definition) is 4. The summed E-state index contributed by atoms with van der Waals surface area (Å²) in [7, 11) is 0. The topological polar surface area (TPSA) is 76.0 Å². The number of aliphatic hydroxyl groups is 3. The molecule has 1 rings (SSSR count). The molecule has 4 N–H and O–H groups in total. The number of hydrogen-bond acceptors (Lipinski definition) is 5. The van der Waals surface area contributed by atoms with E-state index in [2.05, 4.69) is 5.32 Å². The molecule has 0 spiro atoms. The van der Waals surface area contributed by atoms with Gasteiger partial charge >= 0.3 is 0 Å². The van der Waals surface area contributed by atoms with Crippen LogP contribution in [0, 0.1) is 0 Å². The van der Waals surface area contributed by atoms with Crippen molar-refractivity contribution >= 4 is 11.4 Å². The monoisotopic (exact) mass is 282 g/mol. The van der Waals surface area contributed by atoms with Crippen molar-refractivity contribution in [2.24, 2.45) is 0 Å². The third-order valence-electron chi connectivity index (χ3n) is 2.80. The maximum absolute atomic E-state index is 9.53. The normalized spacial score (nSPS) is 15.5. The summed E-state index contributed by atoms with van der Waals surface area (Å²) in [6.07, 6.45) is -1.31. The highest BCUT2D eigenvalue weighted by atomic mass is 16.3. The number of rotatable bonds is 8. The van der Waals surface area contributed by atoms with Crippen molar-refractivity contribution in [1.82, 2.24) is 0 Å². The van der Waals surface area contributed by atoms with Gasteiger partial charge in [0.15, 0.2) is 0 Å². The highest BCUT2D eigenvalue weighted by molar-refractivity contribution is 5.55. The highest BCUT2D eigenvalue weighted by Crippen LogP contribution is 2.18. The second kappa shape index (κ2) is 8.09. The average molecular weight is 282 g/mol. The predicted molar refractivity (Wildman–Crippen MR) is 82.2 cm³/mol. The van der Waals surface area contributed by atoms with Crippen LogP contribution < -0.4 is 10.2 Å². The van der Waals surface area contributed by atoms with Crippen LogP contribution in [0.25, 0.3) is 0 Å². The summed E-state index contributed by atoms with van der Waals surface area (Å²) in [5.74, 6) is 0. The predicted octanol–water partition coefficient (Wildman–Crippen LogP) is 1.05. The fourth-order valence-corrected chi connectivity index (χ4v) is 1.98. The van der Waals surface area contributed by atoms with Gasteiger partial charge in [-0.25, -0.2) is 0 Å². The molecule has 5 nitrogen and oxygen atoms in total. The van der Waals surface area contributed by atoms with Crippen LogP contribution in [-0.4, -0.2) is 53.3 Å². The van der Waals surface area contributed by atoms with Gasteiger partial charge in [-0.05, 0) is 45.0 Å². The van der Waals surface area contributed by atoms with E-state index in [1.54, 1.807) is 20.8 Å². The Labute approximate surface area is 120 Å². The molecule has 3 unspecified atom stereocenters. The van der Waals surface area contributed by atoms with E-state index in [0.29, 0.717) is 19.6 Å². The van der Waals surface area contributed by atoms with E-state index in [4.69, 9.17) is 0 Å². The molecule has 1 aromatic carbocycles. The SMILES string of the molecule is CC(O)CNc1ccc(N(CC(C)O)CC(C)O)cc1. The van der Waals surface area contributed by atoms with E-state index in [1.807, 2.05) is 29.2 Å². The highest BCUT2D eigenvalue weighted by Gasteiger charge is 2.12. The molecule has 0 aliphatic rings. The molecule has 5 heteroatoms. The van der Waals surface area contributed by atoms with Crippen molar-refractivity contribution in [3.8, 4) is 0 Å². The van der Waals surface area contributed by atoms with E-state index >= 15 is 0 Å². The van der Waals surface area contributed by atoms with Crippen LogP contribution in [0.4, 0.5) is 11.4 Å². The molecule has 0 aromatic heterocycles. The summed E-state index contributed by atoms with van der Waals surface area (Å²) in [5.41, 5.74) is 1.89. The largest absolute Gasteiger partial charge is 0.392 e. The first-order chi connectivity index (χ1) is 9.38. The molecule has 3 atom stereocenters. The summed E-state index contributed by atoms with van der Waals surface area (Å²) in [5, 5.41) is 31.4. The van der Waals surface area contributed by atoms with Crippen LogP contribution in [-0.2, 0) is 0 Å². The molecule has 0 saturated heterocycles. The Bertz CT molecular complexity index is 367.